The Labute approximate surface area is 145 Å². The molecule has 2 N–H and O–H groups in total. The van der Waals surface area contributed by atoms with Crippen LogP contribution in [0.5, 0.6) is 5.75 Å². The van der Waals surface area contributed by atoms with Gasteiger partial charge < -0.3 is 19.9 Å². The number of hydrogen-bond acceptors (Lipinski definition) is 4. The maximum Gasteiger partial charge on any atom is 0.200 e. The number of methoxy groups -OCH3 is 1. The minimum absolute atomic E-state index is 0.500. The van der Waals surface area contributed by atoms with Gasteiger partial charge in [-0.1, -0.05) is 30.4 Å². The molecule has 1 atom stereocenters. The highest BCUT2D eigenvalue weighted by Crippen LogP contribution is 2.31. The number of nitrogens with two attached hydrogens (primary N) is 1. The van der Waals surface area contributed by atoms with Crippen LogP contribution in [0.4, 0.5) is 5.69 Å². The van der Waals surface area contributed by atoms with Crippen LogP contribution >= 0.6 is 0 Å². The number of anilines is 1. The summed E-state index contributed by atoms with van der Waals surface area (Å²) in [6.45, 7) is 1.27. The molecule has 0 saturated heterocycles. The van der Waals surface area contributed by atoms with Crippen molar-refractivity contribution in [1.29, 1.82) is 0 Å². The fraction of sp³-hybridized carbons (Fsp3) is 0.158. The van der Waals surface area contributed by atoms with Gasteiger partial charge in [0.1, 0.15) is 0 Å². The van der Waals surface area contributed by atoms with Gasteiger partial charge in [0.2, 0.25) is 0 Å². The third kappa shape index (κ3) is 3.48. The van der Waals surface area contributed by atoms with Crippen LogP contribution in [0.15, 0.2) is 82.2 Å². The van der Waals surface area contributed by atoms with Gasteiger partial charge in [-0.15, -0.1) is 0 Å². The summed E-state index contributed by atoms with van der Waals surface area (Å²) in [7, 11) is 1.59. The van der Waals surface area contributed by atoms with E-state index in [4.69, 9.17) is 10.5 Å². The van der Waals surface area contributed by atoms with Gasteiger partial charge in [0.15, 0.2) is 15.5 Å². The van der Waals surface area contributed by atoms with Crippen LogP contribution < -0.4 is 15.4 Å². The van der Waals surface area contributed by atoms with Crippen LogP contribution in [-0.2, 0) is 11.2 Å². The summed E-state index contributed by atoms with van der Waals surface area (Å²) in [5, 5.41) is 0. The molecular formula is C19H20N2O2S. The molecule has 24 heavy (non-hydrogen) atoms. The van der Waals surface area contributed by atoms with Gasteiger partial charge in [-0.25, -0.2) is 0 Å². The molecule has 0 aromatic heterocycles. The van der Waals surface area contributed by atoms with E-state index in [1.165, 1.54) is 0 Å². The zero-order chi connectivity index (χ0) is 16.9. The van der Waals surface area contributed by atoms with Crippen molar-refractivity contribution in [3.63, 3.8) is 0 Å². The van der Waals surface area contributed by atoms with Crippen LogP contribution in [0.2, 0.25) is 0 Å². The fourth-order valence-electron chi connectivity index (χ4n) is 2.59. The second-order valence-electron chi connectivity index (χ2n) is 5.38. The molecule has 0 saturated carbocycles. The summed E-state index contributed by atoms with van der Waals surface area (Å²) in [4.78, 5) is 3.52. The molecule has 5 heteroatoms. The van der Waals surface area contributed by atoms with Crippen molar-refractivity contribution in [3.05, 3.63) is 72.5 Å². The molecule has 4 nitrogen and oxygen atoms in total. The molecule has 124 valence electrons. The highest BCUT2D eigenvalue weighted by Gasteiger charge is 2.20. The number of para-hydroxylation sites is 1. The fourth-order valence-corrected chi connectivity index (χ4v) is 3.81. The Hall–Kier alpha value is -2.21. The van der Waals surface area contributed by atoms with Crippen LogP contribution in [-0.4, -0.2) is 24.8 Å². The lowest BCUT2D eigenvalue weighted by Crippen LogP contribution is -2.21. The maximum atomic E-state index is 12.9. The molecule has 0 fully saturated rings. The molecule has 2 aromatic carbocycles. The van der Waals surface area contributed by atoms with Crippen molar-refractivity contribution in [2.45, 2.75) is 9.79 Å². The normalized spacial score (nSPS) is 15.1. The Balaban J connectivity index is 1.90. The van der Waals surface area contributed by atoms with Crippen LogP contribution in [0.1, 0.15) is 0 Å². The van der Waals surface area contributed by atoms with Crippen molar-refractivity contribution in [2.24, 2.45) is 5.73 Å². The first-order valence-electron chi connectivity index (χ1n) is 7.71. The first-order chi connectivity index (χ1) is 11.7. The Morgan fingerprint density at radius 2 is 2.04 bits per heavy atom. The third-order valence-corrected chi connectivity index (χ3v) is 5.24. The smallest absolute Gasteiger partial charge is 0.200 e. The summed E-state index contributed by atoms with van der Waals surface area (Å²) >= 11 is -1.30. The van der Waals surface area contributed by atoms with Gasteiger partial charge in [0.25, 0.3) is 0 Å². The predicted octanol–water partition coefficient (Wildman–Crippen LogP) is 3.08. The van der Waals surface area contributed by atoms with Crippen molar-refractivity contribution in [2.75, 3.05) is 25.1 Å². The van der Waals surface area contributed by atoms with E-state index in [0.717, 1.165) is 22.7 Å². The number of benzene rings is 2. The summed E-state index contributed by atoms with van der Waals surface area (Å²) in [5.41, 5.74) is 7.78. The Morgan fingerprint density at radius 1 is 1.21 bits per heavy atom. The van der Waals surface area contributed by atoms with Crippen LogP contribution in [0.25, 0.3) is 0 Å². The molecule has 0 aliphatic carbocycles. The summed E-state index contributed by atoms with van der Waals surface area (Å²) in [5.74, 6) is 0.632. The van der Waals surface area contributed by atoms with E-state index < -0.39 is 11.2 Å². The molecule has 1 aliphatic rings. The summed E-state index contributed by atoms with van der Waals surface area (Å²) in [6, 6.07) is 15.1. The minimum Gasteiger partial charge on any atom is -0.606 e. The molecule has 1 heterocycles. The molecule has 0 bridgehead atoms. The van der Waals surface area contributed by atoms with Crippen molar-refractivity contribution in [1.82, 2.24) is 0 Å². The number of ether oxygens (including phenoxy) is 1. The van der Waals surface area contributed by atoms with E-state index in [9.17, 15) is 4.55 Å². The third-order valence-electron chi connectivity index (χ3n) is 3.82. The van der Waals surface area contributed by atoms with Gasteiger partial charge in [-0.05, 0) is 29.8 Å². The van der Waals surface area contributed by atoms with E-state index in [1.807, 2.05) is 60.8 Å². The second kappa shape index (κ2) is 7.57. The first-order valence-corrected chi connectivity index (χ1v) is 8.86. The maximum absolute atomic E-state index is 12.9. The molecular weight excluding hydrogens is 320 g/mol. The molecule has 2 aromatic rings. The van der Waals surface area contributed by atoms with Crippen LogP contribution in [0.3, 0.4) is 0 Å². The predicted molar refractivity (Wildman–Crippen MR) is 97.7 cm³/mol. The van der Waals surface area contributed by atoms with E-state index in [0.29, 0.717) is 17.2 Å². The monoisotopic (exact) mass is 340 g/mol. The second-order valence-corrected chi connectivity index (χ2v) is 6.83. The molecule has 0 radical (unpaired) electrons. The first kappa shape index (κ1) is 16.6. The minimum atomic E-state index is -1.30. The van der Waals surface area contributed by atoms with Crippen LogP contribution in [0, 0.1) is 0 Å². The average molecular weight is 340 g/mol. The lowest BCUT2D eigenvalue weighted by molar-refractivity contribution is 0.402. The Bertz CT molecular complexity index is 773. The molecule has 3 rings (SSSR count). The van der Waals surface area contributed by atoms with E-state index >= 15 is 0 Å². The van der Waals surface area contributed by atoms with Gasteiger partial charge in [0.05, 0.1) is 7.11 Å². The molecule has 0 amide bonds. The van der Waals surface area contributed by atoms with E-state index in [2.05, 4.69) is 11.0 Å². The summed E-state index contributed by atoms with van der Waals surface area (Å²) < 4.78 is 18.3. The highest BCUT2D eigenvalue weighted by atomic mass is 32.2. The van der Waals surface area contributed by atoms with Crippen molar-refractivity contribution in [3.8, 4) is 5.75 Å². The topological polar surface area (TPSA) is 61.5 Å². The summed E-state index contributed by atoms with van der Waals surface area (Å²) in [6.07, 6.45) is 6.14. The van der Waals surface area contributed by atoms with Gasteiger partial charge in [-0.2, -0.15) is 0 Å². The Morgan fingerprint density at radius 3 is 2.83 bits per heavy atom. The molecule has 1 unspecified atom stereocenters. The number of nitrogens with zero attached hydrogens (tertiary/aromatic N) is 1. The van der Waals surface area contributed by atoms with Crippen molar-refractivity contribution < 1.29 is 9.29 Å². The van der Waals surface area contributed by atoms with Gasteiger partial charge in [0, 0.05) is 42.2 Å². The largest absolute Gasteiger partial charge is 0.606 e. The highest BCUT2D eigenvalue weighted by molar-refractivity contribution is 7.91. The quantitative estimate of drug-likeness (QED) is 0.850. The number of hydrogen-bond donors (Lipinski definition) is 1. The lowest BCUT2D eigenvalue weighted by atomic mass is 10.2. The lowest BCUT2D eigenvalue weighted by Gasteiger charge is -2.23. The average Bonchev–Trinajstić information content (AvgIpc) is 2.67. The zero-order valence-corrected chi connectivity index (χ0v) is 14.3. The van der Waals surface area contributed by atoms with E-state index in [1.54, 1.807) is 7.11 Å². The standard InChI is InChI=1S/C19H20N2O2S/c1-23-18-9-2-3-10-19(18)24(22)17-8-4-7-16(12-17)21-11-5-6-15(13-20)14-21/h2-10,12,14H,11,13,20H2,1H3. The van der Waals surface area contributed by atoms with Crippen molar-refractivity contribution >= 4 is 16.9 Å². The molecule has 1 aliphatic heterocycles. The van der Waals surface area contributed by atoms with Gasteiger partial charge >= 0.3 is 0 Å². The molecule has 0 spiro atoms. The zero-order valence-electron chi connectivity index (χ0n) is 13.5. The number of rotatable bonds is 5. The SMILES string of the molecule is COc1ccccc1[S+]([O-])c1cccc(N2C=C(CN)C=CC2)c1. The Kier molecular flexibility index (Phi) is 5.25. The van der Waals surface area contributed by atoms with E-state index in [-0.39, 0.29) is 0 Å². The van der Waals surface area contributed by atoms with Gasteiger partial charge in [-0.3, -0.25) is 0 Å².